The Kier molecular flexibility index (Phi) is 2.64. The first kappa shape index (κ1) is 11.4. The number of hydrogen-bond donors (Lipinski definition) is 0. The molecular formula is C13H18ClN3. The molecule has 0 N–H and O–H groups in total. The van der Waals surface area contributed by atoms with Crippen molar-refractivity contribution in [2.45, 2.75) is 51.6 Å². The van der Waals surface area contributed by atoms with Crippen LogP contribution >= 0.6 is 11.6 Å². The maximum atomic E-state index is 5.96. The second-order valence-electron chi connectivity index (χ2n) is 5.39. The van der Waals surface area contributed by atoms with Crippen molar-refractivity contribution in [1.29, 1.82) is 0 Å². The van der Waals surface area contributed by atoms with Gasteiger partial charge in [0.2, 0.25) is 5.28 Å². The van der Waals surface area contributed by atoms with Crippen LogP contribution in [0.1, 0.15) is 43.6 Å². The number of aryl methyl sites for hydroxylation is 1. The van der Waals surface area contributed by atoms with Crippen LogP contribution in [0.5, 0.6) is 0 Å². The quantitative estimate of drug-likeness (QED) is 0.757. The minimum atomic E-state index is 0.409. The summed E-state index contributed by atoms with van der Waals surface area (Å²) in [6.45, 7) is 6.61. The van der Waals surface area contributed by atoms with Gasteiger partial charge in [-0.2, -0.15) is 0 Å². The maximum absolute atomic E-state index is 5.96. The maximum Gasteiger partial charge on any atom is 0.222 e. The molecule has 0 saturated heterocycles. The topological polar surface area (TPSA) is 29.0 Å². The number of rotatable bonds is 2. The molecule has 0 aromatic carbocycles. The van der Waals surface area contributed by atoms with Crippen LogP contribution in [0, 0.1) is 0 Å². The second kappa shape index (κ2) is 3.92. The Morgan fingerprint density at radius 2 is 2.12 bits per heavy atom. The number of hydrogen-bond acceptors (Lipinski definition) is 3. The van der Waals surface area contributed by atoms with Crippen LogP contribution in [-0.4, -0.2) is 27.0 Å². The molecule has 0 amide bonds. The Morgan fingerprint density at radius 3 is 2.76 bits per heavy atom. The highest BCUT2D eigenvalue weighted by atomic mass is 35.5. The third-order valence-corrected chi connectivity index (χ3v) is 4.36. The molecule has 3 nitrogen and oxygen atoms in total. The van der Waals surface area contributed by atoms with Crippen molar-refractivity contribution < 1.29 is 0 Å². The van der Waals surface area contributed by atoms with Crippen LogP contribution < -0.4 is 0 Å². The van der Waals surface area contributed by atoms with E-state index in [1.54, 1.807) is 0 Å². The fraction of sp³-hybridized carbons (Fsp3) is 0.692. The summed E-state index contributed by atoms with van der Waals surface area (Å²) >= 11 is 5.96. The Labute approximate surface area is 107 Å². The van der Waals surface area contributed by atoms with Gasteiger partial charge >= 0.3 is 0 Å². The van der Waals surface area contributed by atoms with E-state index in [1.165, 1.54) is 24.1 Å². The van der Waals surface area contributed by atoms with Crippen LogP contribution in [0.25, 0.3) is 0 Å². The molecule has 2 heterocycles. The van der Waals surface area contributed by atoms with Crippen LogP contribution in [0.3, 0.4) is 0 Å². The summed E-state index contributed by atoms with van der Waals surface area (Å²) in [5, 5.41) is 0.409. The van der Waals surface area contributed by atoms with Gasteiger partial charge in [0.15, 0.2) is 0 Å². The van der Waals surface area contributed by atoms with Crippen molar-refractivity contribution in [3.63, 3.8) is 0 Å². The molecule has 1 fully saturated rings. The summed E-state index contributed by atoms with van der Waals surface area (Å²) < 4.78 is 0. The lowest BCUT2D eigenvalue weighted by Gasteiger charge is -2.34. The predicted molar refractivity (Wildman–Crippen MR) is 68.2 cm³/mol. The summed E-state index contributed by atoms with van der Waals surface area (Å²) in [7, 11) is 0. The van der Waals surface area contributed by atoms with E-state index < -0.39 is 0 Å². The van der Waals surface area contributed by atoms with Gasteiger partial charge in [0.05, 0.1) is 5.69 Å². The van der Waals surface area contributed by atoms with E-state index in [2.05, 4.69) is 28.7 Å². The molecule has 1 saturated carbocycles. The number of nitrogens with zero attached hydrogens (tertiary/aromatic N) is 3. The Balaban J connectivity index is 1.95. The van der Waals surface area contributed by atoms with Gasteiger partial charge in [0.25, 0.3) is 0 Å². The lowest BCUT2D eigenvalue weighted by molar-refractivity contribution is 0.170. The number of halogens is 1. The van der Waals surface area contributed by atoms with E-state index in [4.69, 9.17) is 11.6 Å². The summed E-state index contributed by atoms with van der Waals surface area (Å²) in [5.41, 5.74) is 4.08. The van der Waals surface area contributed by atoms with Gasteiger partial charge in [0, 0.05) is 36.3 Å². The molecule has 92 valence electrons. The number of aromatic nitrogens is 2. The molecule has 1 aromatic rings. The van der Waals surface area contributed by atoms with E-state index in [0.29, 0.717) is 10.8 Å². The molecule has 0 unspecified atom stereocenters. The normalized spacial score (nSPS) is 22.3. The monoisotopic (exact) mass is 251 g/mol. The molecule has 17 heavy (non-hydrogen) atoms. The highest BCUT2D eigenvalue weighted by Crippen LogP contribution is 2.43. The van der Waals surface area contributed by atoms with Gasteiger partial charge in [-0.05, 0) is 37.8 Å². The Morgan fingerprint density at radius 1 is 1.35 bits per heavy atom. The molecule has 0 bridgehead atoms. The summed E-state index contributed by atoms with van der Waals surface area (Å²) in [6, 6.07) is 0. The van der Waals surface area contributed by atoms with Gasteiger partial charge < -0.3 is 0 Å². The SMILES string of the molecule is CCc1nc(Cl)nc2c1CN(C1(C)CC1)CC2. The van der Waals surface area contributed by atoms with E-state index in [9.17, 15) is 0 Å². The Hall–Kier alpha value is -0.670. The van der Waals surface area contributed by atoms with Crippen LogP contribution in [0.15, 0.2) is 0 Å². The van der Waals surface area contributed by atoms with Crippen LogP contribution in [0.4, 0.5) is 0 Å². The minimum absolute atomic E-state index is 0.409. The lowest BCUT2D eigenvalue weighted by atomic mass is 10.0. The van der Waals surface area contributed by atoms with E-state index in [1.807, 2.05) is 0 Å². The average molecular weight is 252 g/mol. The molecule has 0 radical (unpaired) electrons. The molecule has 0 spiro atoms. The average Bonchev–Trinajstić information content (AvgIpc) is 3.07. The van der Waals surface area contributed by atoms with Crippen molar-refractivity contribution in [3.05, 3.63) is 22.2 Å². The molecule has 0 atom stereocenters. The van der Waals surface area contributed by atoms with E-state index in [-0.39, 0.29) is 0 Å². The number of fused-ring (bicyclic) bond motifs is 1. The Bertz CT molecular complexity index is 437. The van der Waals surface area contributed by atoms with Gasteiger partial charge in [0.1, 0.15) is 0 Å². The molecule has 2 aliphatic rings. The van der Waals surface area contributed by atoms with Gasteiger partial charge in [-0.25, -0.2) is 9.97 Å². The minimum Gasteiger partial charge on any atom is -0.293 e. The first-order valence-electron chi connectivity index (χ1n) is 6.41. The second-order valence-corrected chi connectivity index (χ2v) is 5.72. The highest BCUT2D eigenvalue weighted by Gasteiger charge is 2.44. The van der Waals surface area contributed by atoms with E-state index in [0.717, 1.165) is 31.6 Å². The molecule has 3 rings (SSSR count). The fourth-order valence-corrected chi connectivity index (χ4v) is 2.90. The lowest BCUT2D eigenvalue weighted by Crippen LogP contribution is -2.40. The first-order valence-corrected chi connectivity index (χ1v) is 6.79. The largest absolute Gasteiger partial charge is 0.293 e. The summed E-state index contributed by atoms with van der Waals surface area (Å²) in [6.07, 6.45) is 4.62. The van der Waals surface area contributed by atoms with Gasteiger partial charge in [-0.15, -0.1) is 0 Å². The highest BCUT2D eigenvalue weighted by molar-refractivity contribution is 6.28. The molecular weight excluding hydrogens is 234 g/mol. The molecule has 1 aliphatic carbocycles. The fourth-order valence-electron chi connectivity index (χ4n) is 2.70. The molecule has 1 aliphatic heterocycles. The molecule has 1 aromatic heterocycles. The van der Waals surface area contributed by atoms with Crippen molar-refractivity contribution in [2.75, 3.05) is 6.54 Å². The zero-order valence-corrected chi connectivity index (χ0v) is 11.2. The van der Waals surface area contributed by atoms with Crippen molar-refractivity contribution in [1.82, 2.24) is 14.9 Å². The van der Waals surface area contributed by atoms with Crippen LogP contribution in [-0.2, 0) is 19.4 Å². The molecule has 4 heteroatoms. The third kappa shape index (κ3) is 1.95. The van der Waals surface area contributed by atoms with Crippen LogP contribution in [0.2, 0.25) is 5.28 Å². The smallest absolute Gasteiger partial charge is 0.222 e. The van der Waals surface area contributed by atoms with Gasteiger partial charge in [-0.1, -0.05) is 6.92 Å². The predicted octanol–water partition coefficient (Wildman–Crippen LogP) is 2.60. The van der Waals surface area contributed by atoms with Crippen molar-refractivity contribution >= 4 is 11.6 Å². The standard InChI is InChI=1S/C13H18ClN3/c1-3-10-9-8-17(13(2)5-6-13)7-4-11(9)16-12(14)15-10/h3-8H2,1-2H3. The summed E-state index contributed by atoms with van der Waals surface area (Å²) in [4.78, 5) is 11.3. The summed E-state index contributed by atoms with van der Waals surface area (Å²) in [5.74, 6) is 0. The van der Waals surface area contributed by atoms with Crippen molar-refractivity contribution in [2.24, 2.45) is 0 Å². The van der Waals surface area contributed by atoms with Gasteiger partial charge in [-0.3, -0.25) is 4.90 Å². The van der Waals surface area contributed by atoms with E-state index >= 15 is 0 Å². The zero-order chi connectivity index (χ0) is 12.0. The third-order valence-electron chi connectivity index (χ3n) is 4.19. The first-order chi connectivity index (χ1) is 8.12. The van der Waals surface area contributed by atoms with Crippen molar-refractivity contribution in [3.8, 4) is 0 Å². The zero-order valence-electron chi connectivity index (χ0n) is 10.5.